The van der Waals surface area contributed by atoms with Gasteiger partial charge in [0.15, 0.2) is 12.4 Å². The molecule has 0 aliphatic heterocycles. The van der Waals surface area contributed by atoms with Gasteiger partial charge in [-0.05, 0) is 116 Å². The SMILES string of the molecule is Cc1ccc(CCC(C)C(=O)OCC(COC(=O)C(C)CCc2ccc(C)cc2)OC(=O)CCCN(CCCC(=O)OC(CO)COC(O)C(C)CCc2ccc(C)cc2)C(=O)SCCCN(C)C)cc1. The third kappa shape index (κ3) is 25.9. The summed E-state index contributed by atoms with van der Waals surface area (Å²) >= 11 is 1.17. The molecule has 5 atom stereocenters. The Hall–Kier alpha value is -4.80. The summed E-state index contributed by atoms with van der Waals surface area (Å²) in [6.45, 7) is 11.4. The zero-order chi connectivity index (χ0) is 52.1. The summed E-state index contributed by atoms with van der Waals surface area (Å²) in [7, 11) is 3.92. The fourth-order valence-electron chi connectivity index (χ4n) is 7.29. The standard InChI is InChI=1S/C56H82N2O12S/c1-40-14-23-46(24-15-40)29-20-43(4)53(62)66-37-49(36-59)69-51(60)12-9-33-58(56(65)71-35-11-32-57(7)8)34-10-13-52(61)70-50(38-67-54(63)44(5)21-30-47-25-16-41(2)17-26-47)39-68-55(64)45(6)22-31-48-27-18-42(3)19-28-48/h14-19,23-28,43-45,49-50,53,59,62H,9-13,20-22,29-39H2,1-8H3. The zero-order valence-corrected chi connectivity index (χ0v) is 44.4. The van der Waals surface area contributed by atoms with Crippen LogP contribution in [0.4, 0.5) is 4.79 Å². The van der Waals surface area contributed by atoms with Crippen LogP contribution in [0.1, 0.15) is 106 Å². The molecule has 0 aliphatic rings. The van der Waals surface area contributed by atoms with Crippen molar-refractivity contribution < 1.29 is 57.9 Å². The van der Waals surface area contributed by atoms with Crippen LogP contribution in [0.2, 0.25) is 0 Å². The van der Waals surface area contributed by atoms with E-state index in [0.717, 1.165) is 47.2 Å². The van der Waals surface area contributed by atoms with Gasteiger partial charge in [0.2, 0.25) is 0 Å². The molecule has 14 nitrogen and oxygen atoms in total. The summed E-state index contributed by atoms with van der Waals surface area (Å²) in [4.78, 5) is 69.5. The van der Waals surface area contributed by atoms with E-state index in [9.17, 15) is 34.2 Å². The molecule has 394 valence electrons. The molecule has 2 N–H and O–H groups in total. The molecule has 0 radical (unpaired) electrons. The van der Waals surface area contributed by atoms with E-state index >= 15 is 0 Å². The van der Waals surface area contributed by atoms with Crippen LogP contribution < -0.4 is 0 Å². The fraction of sp³-hybridized carbons (Fsp3) is 0.589. The minimum atomic E-state index is -1.11. The number of aryl methyl sites for hydroxylation is 6. The topological polar surface area (TPSA) is 178 Å². The average molecular weight is 1010 g/mol. The van der Waals surface area contributed by atoms with Gasteiger partial charge >= 0.3 is 23.9 Å². The Kier molecular flexibility index (Phi) is 28.8. The van der Waals surface area contributed by atoms with E-state index < -0.39 is 60.8 Å². The van der Waals surface area contributed by atoms with Crippen molar-refractivity contribution in [2.24, 2.45) is 17.8 Å². The fourth-order valence-corrected chi connectivity index (χ4v) is 8.11. The quantitative estimate of drug-likeness (QED) is 0.0251. The van der Waals surface area contributed by atoms with Crippen LogP contribution in [0.3, 0.4) is 0 Å². The molecule has 0 heterocycles. The third-order valence-electron chi connectivity index (χ3n) is 12.2. The summed E-state index contributed by atoms with van der Waals surface area (Å²) in [5, 5.41) is 20.3. The minimum absolute atomic E-state index is 0.0443. The molecule has 15 heteroatoms. The summed E-state index contributed by atoms with van der Waals surface area (Å²) in [6.07, 6.45) is 1.96. The highest BCUT2D eigenvalue weighted by molar-refractivity contribution is 8.13. The minimum Gasteiger partial charge on any atom is -0.461 e. The van der Waals surface area contributed by atoms with Crippen LogP contribution in [0.25, 0.3) is 0 Å². The van der Waals surface area contributed by atoms with Gasteiger partial charge in [0.25, 0.3) is 5.24 Å². The van der Waals surface area contributed by atoms with E-state index in [1.165, 1.54) is 17.3 Å². The molecule has 5 unspecified atom stereocenters. The number of nitrogens with zero attached hydrogens (tertiary/aromatic N) is 2. The summed E-state index contributed by atoms with van der Waals surface area (Å²) < 4.78 is 28.1. The normalized spacial score (nSPS) is 13.9. The Bertz CT molecular complexity index is 1940. The van der Waals surface area contributed by atoms with E-state index in [4.69, 9.17) is 23.7 Å². The first-order valence-corrected chi connectivity index (χ1v) is 26.3. The van der Waals surface area contributed by atoms with Crippen molar-refractivity contribution in [3.8, 4) is 0 Å². The largest absolute Gasteiger partial charge is 0.461 e. The Morgan fingerprint density at radius 3 is 1.42 bits per heavy atom. The highest BCUT2D eigenvalue weighted by Gasteiger charge is 2.25. The molecule has 0 fully saturated rings. The lowest BCUT2D eigenvalue weighted by atomic mass is 10.00. The van der Waals surface area contributed by atoms with Gasteiger partial charge in [0.1, 0.15) is 19.3 Å². The maximum atomic E-state index is 13.4. The van der Waals surface area contributed by atoms with Crippen LogP contribution in [0, 0.1) is 38.5 Å². The van der Waals surface area contributed by atoms with E-state index in [0.29, 0.717) is 37.9 Å². The Morgan fingerprint density at radius 2 is 1.00 bits per heavy atom. The van der Waals surface area contributed by atoms with Gasteiger partial charge in [-0.25, -0.2) is 0 Å². The first-order valence-electron chi connectivity index (χ1n) is 25.3. The first-order chi connectivity index (χ1) is 33.9. The number of ether oxygens (including phenoxy) is 5. The molecular weight excluding hydrogens is 925 g/mol. The van der Waals surface area contributed by atoms with Gasteiger partial charge in [-0.15, -0.1) is 0 Å². The number of aliphatic hydroxyl groups is 2. The van der Waals surface area contributed by atoms with Crippen molar-refractivity contribution in [3.05, 3.63) is 106 Å². The van der Waals surface area contributed by atoms with Crippen LogP contribution >= 0.6 is 11.8 Å². The predicted molar refractivity (Wildman–Crippen MR) is 278 cm³/mol. The molecule has 0 aliphatic carbocycles. The molecule has 0 aromatic heterocycles. The number of thioether (sulfide) groups is 1. The summed E-state index contributed by atoms with van der Waals surface area (Å²) in [5.41, 5.74) is 6.85. The molecule has 3 rings (SSSR count). The number of benzene rings is 3. The number of esters is 4. The van der Waals surface area contributed by atoms with Gasteiger partial charge in [-0.2, -0.15) is 0 Å². The molecule has 0 bridgehead atoms. The van der Waals surface area contributed by atoms with Crippen molar-refractivity contribution in [2.45, 2.75) is 131 Å². The Labute approximate surface area is 427 Å². The van der Waals surface area contributed by atoms with Gasteiger partial charge in [-0.3, -0.25) is 24.0 Å². The second kappa shape index (κ2) is 33.8. The number of amides is 1. The highest BCUT2D eigenvalue weighted by Crippen LogP contribution is 2.19. The van der Waals surface area contributed by atoms with E-state index in [2.05, 4.69) is 12.1 Å². The molecule has 0 saturated heterocycles. The number of carbonyl (C=O) groups excluding carboxylic acids is 5. The van der Waals surface area contributed by atoms with Crippen molar-refractivity contribution in [2.75, 3.05) is 65.9 Å². The van der Waals surface area contributed by atoms with E-state index in [-0.39, 0.29) is 69.8 Å². The molecule has 0 saturated carbocycles. The van der Waals surface area contributed by atoms with Gasteiger partial charge in [0.05, 0.1) is 25.0 Å². The number of hydrogen-bond donors (Lipinski definition) is 2. The lowest BCUT2D eigenvalue weighted by molar-refractivity contribution is -0.174. The van der Waals surface area contributed by atoms with Gasteiger partial charge < -0.3 is 43.7 Å². The average Bonchev–Trinajstić information content (AvgIpc) is 3.35. The van der Waals surface area contributed by atoms with Crippen molar-refractivity contribution >= 4 is 40.9 Å². The molecular formula is C56H82N2O12S. The van der Waals surface area contributed by atoms with Crippen molar-refractivity contribution in [1.29, 1.82) is 0 Å². The maximum absolute atomic E-state index is 13.4. The lowest BCUT2D eigenvalue weighted by Crippen LogP contribution is -2.34. The number of rotatable bonds is 34. The van der Waals surface area contributed by atoms with Gasteiger partial charge in [-0.1, -0.05) is 122 Å². The zero-order valence-electron chi connectivity index (χ0n) is 43.6. The second-order valence-corrected chi connectivity index (χ2v) is 20.3. The third-order valence-corrected chi connectivity index (χ3v) is 13.2. The lowest BCUT2D eigenvalue weighted by Gasteiger charge is -2.24. The highest BCUT2D eigenvalue weighted by atomic mass is 32.2. The Balaban J connectivity index is 1.54. The summed E-state index contributed by atoms with van der Waals surface area (Å²) in [5.74, 6) is -2.58. The monoisotopic (exact) mass is 1010 g/mol. The molecule has 71 heavy (non-hydrogen) atoms. The first kappa shape index (κ1) is 60.5. The molecule has 0 spiro atoms. The molecule has 1 amide bonds. The maximum Gasteiger partial charge on any atom is 0.308 e. The Morgan fingerprint density at radius 1 is 0.577 bits per heavy atom. The number of aliphatic hydroxyl groups excluding tert-OH is 2. The van der Waals surface area contributed by atoms with Crippen LogP contribution in [0.5, 0.6) is 0 Å². The van der Waals surface area contributed by atoms with E-state index in [1.54, 1.807) is 18.7 Å². The molecule has 3 aromatic rings. The number of hydrogen-bond acceptors (Lipinski definition) is 14. The second-order valence-electron chi connectivity index (χ2n) is 19.2. The number of carbonyl (C=O) groups is 5. The van der Waals surface area contributed by atoms with Crippen LogP contribution in [-0.4, -0.2) is 134 Å². The van der Waals surface area contributed by atoms with Crippen LogP contribution in [-0.2, 0) is 62.1 Å². The van der Waals surface area contributed by atoms with Crippen molar-refractivity contribution in [1.82, 2.24) is 9.80 Å². The van der Waals surface area contributed by atoms with Crippen molar-refractivity contribution in [3.63, 3.8) is 0 Å². The van der Waals surface area contributed by atoms with Gasteiger partial charge in [0, 0.05) is 37.6 Å². The summed E-state index contributed by atoms with van der Waals surface area (Å²) in [6, 6.07) is 24.5. The van der Waals surface area contributed by atoms with E-state index in [1.807, 2.05) is 107 Å². The molecule has 3 aromatic carbocycles. The predicted octanol–water partition coefficient (Wildman–Crippen LogP) is 8.62. The smallest absolute Gasteiger partial charge is 0.308 e. The van der Waals surface area contributed by atoms with Crippen LogP contribution in [0.15, 0.2) is 72.8 Å².